The Morgan fingerprint density at radius 1 is 1.10 bits per heavy atom. The number of hydrogen-bond donors (Lipinski definition) is 2. The van der Waals surface area contributed by atoms with Crippen molar-refractivity contribution in [2.24, 2.45) is 5.73 Å². The van der Waals surface area contributed by atoms with Gasteiger partial charge in [-0.2, -0.15) is 0 Å². The van der Waals surface area contributed by atoms with E-state index in [1.807, 2.05) is 30.5 Å². The molecule has 7 nitrogen and oxygen atoms in total. The maximum Gasteiger partial charge on any atom is 0.407 e. The van der Waals surface area contributed by atoms with Crippen LogP contribution < -0.4 is 11.1 Å². The van der Waals surface area contributed by atoms with Crippen LogP contribution in [0.15, 0.2) is 54.7 Å². The molecule has 1 fully saturated rings. The van der Waals surface area contributed by atoms with Gasteiger partial charge < -0.3 is 15.8 Å². The van der Waals surface area contributed by atoms with Crippen LogP contribution in [-0.4, -0.2) is 33.7 Å². The number of nitrogens with one attached hydrogen (secondary N) is 1. The monoisotopic (exact) mass is 389 g/mol. The molecule has 5 rings (SSSR count). The average Bonchev–Trinajstić information content (AvgIpc) is 3.32. The van der Waals surface area contributed by atoms with E-state index < -0.39 is 6.09 Å². The molecular weight excluding hydrogens is 366 g/mol. The van der Waals surface area contributed by atoms with E-state index in [0.717, 1.165) is 12.8 Å². The Balaban J connectivity index is 1.19. The number of carbonyl (C=O) groups is 1. The molecule has 2 aromatic carbocycles. The average molecular weight is 389 g/mol. The lowest BCUT2D eigenvalue weighted by Gasteiger charge is -2.32. The molecule has 2 unspecified atom stereocenters. The minimum atomic E-state index is -0.457. The first kappa shape index (κ1) is 17.9. The third-order valence-corrected chi connectivity index (χ3v) is 5.95. The molecule has 2 atom stereocenters. The van der Waals surface area contributed by atoms with E-state index in [1.165, 1.54) is 22.3 Å². The third-order valence-electron chi connectivity index (χ3n) is 5.95. The SMILES string of the molecule is NC1CCC1n1cc(CNC(=O)OCC2c3ccccc3-c3ccccc32)nn1. The Morgan fingerprint density at radius 2 is 1.79 bits per heavy atom. The van der Waals surface area contributed by atoms with Gasteiger partial charge in [0, 0.05) is 12.0 Å². The summed E-state index contributed by atoms with van der Waals surface area (Å²) in [7, 11) is 0. The third kappa shape index (κ3) is 3.27. The maximum absolute atomic E-state index is 12.2. The fourth-order valence-corrected chi connectivity index (χ4v) is 4.21. The molecule has 0 aliphatic heterocycles. The van der Waals surface area contributed by atoms with Crippen LogP contribution >= 0.6 is 0 Å². The number of carbonyl (C=O) groups excluding carboxylic acids is 1. The highest BCUT2D eigenvalue weighted by Gasteiger charge is 2.30. The second kappa shape index (κ2) is 7.33. The molecule has 3 aromatic rings. The first-order chi connectivity index (χ1) is 14.2. The number of alkyl carbamates (subject to hydrolysis) is 1. The van der Waals surface area contributed by atoms with Crippen LogP contribution in [0.4, 0.5) is 4.79 Å². The lowest BCUT2D eigenvalue weighted by atomic mass is 9.87. The minimum absolute atomic E-state index is 0.0501. The summed E-state index contributed by atoms with van der Waals surface area (Å²) in [5.74, 6) is 0.0501. The zero-order chi connectivity index (χ0) is 19.8. The van der Waals surface area contributed by atoms with Gasteiger partial charge in [-0.05, 0) is 35.1 Å². The Hall–Kier alpha value is -3.19. The lowest BCUT2D eigenvalue weighted by Crippen LogP contribution is -2.41. The van der Waals surface area contributed by atoms with Crippen LogP contribution in [0.5, 0.6) is 0 Å². The molecule has 0 saturated heterocycles. The molecule has 29 heavy (non-hydrogen) atoms. The van der Waals surface area contributed by atoms with Gasteiger partial charge in [-0.15, -0.1) is 5.10 Å². The molecule has 0 spiro atoms. The van der Waals surface area contributed by atoms with E-state index in [9.17, 15) is 4.79 Å². The molecule has 148 valence electrons. The number of benzene rings is 2. The van der Waals surface area contributed by atoms with Gasteiger partial charge >= 0.3 is 6.09 Å². The fourth-order valence-electron chi connectivity index (χ4n) is 4.21. The normalized spacial score (nSPS) is 19.9. The van der Waals surface area contributed by atoms with Crippen molar-refractivity contribution in [3.63, 3.8) is 0 Å². The number of aromatic nitrogens is 3. The Kier molecular flexibility index (Phi) is 4.52. The summed E-state index contributed by atoms with van der Waals surface area (Å²) in [6.45, 7) is 0.572. The first-order valence-electron chi connectivity index (χ1n) is 9.96. The van der Waals surface area contributed by atoms with Gasteiger partial charge in [-0.25, -0.2) is 9.48 Å². The highest BCUT2D eigenvalue weighted by Crippen LogP contribution is 2.44. The molecule has 0 radical (unpaired) electrons. The molecule has 1 aromatic heterocycles. The Labute approximate surface area is 168 Å². The van der Waals surface area contributed by atoms with Gasteiger partial charge in [0.05, 0.1) is 18.8 Å². The number of nitrogens with zero attached hydrogens (tertiary/aromatic N) is 3. The summed E-state index contributed by atoms with van der Waals surface area (Å²) in [5, 5.41) is 11.0. The van der Waals surface area contributed by atoms with Crippen LogP contribution in [0.1, 0.15) is 41.6 Å². The quantitative estimate of drug-likeness (QED) is 0.699. The van der Waals surface area contributed by atoms with E-state index >= 15 is 0 Å². The second-order valence-corrected chi connectivity index (χ2v) is 7.68. The lowest BCUT2D eigenvalue weighted by molar-refractivity contribution is 0.142. The molecule has 1 heterocycles. The van der Waals surface area contributed by atoms with Crippen molar-refractivity contribution in [3.05, 3.63) is 71.5 Å². The number of nitrogens with two attached hydrogens (primary N) is 1. The number of rotatable bonds is 5. The zero-order valence-electron chi connectivity index (χ0n) is 16.0. The number of ether oxygens (including phenoxy) is 1. The van der Waals surface area contributed by atoms with Crippen molar-refractivity contribution in [3.8, 4) is 11.1 Å². The minimum Gasteiger partial charge on any atom is -0.449 e. The van der Waals surface area contributed by atoms with Crippen LogP contribution in [0.3, 0.4) is 0 Å². The summed E-state index contributed by atoms with van der Waals surface area (Å²) in [5.41, 5.74) is 11.5. The molecular formula is C22H23N5O2. The zero-order valence-corrected chi connectivity index (χ0v) is 16.0. The number of fused-ring (bicyclic) bond motifs is 3. The van der Waals surface area contributed by atoms with E-state index in [0.29, 0.717) is 12.3 Å². The second-order valence-electron chi connectivity index (χ2n) is 7.68. The van der Waals surface area contributed by atoms with Crippen molar-refractivity contribution < 1.29 is 9.53 Å². The van der Waals surface area contributed by atoms with Gasteiger partial charge in [-0.3, -0.25) is 0 Å². The molecule has 3 N–H and O–H groups in total. The largest absolute Gasteiger partial charge is 0.449 e. The van der Waals surface area contributed by atoms with Crippen molar-refractivity contribution in [1.29, 1.82) is 0 Å². The first-order valence-corrected chi connectivity index (χ1v) is 9.96. The predicted molar refractivity (Wildman–Crippen MR) is 108 cm³/mol. The highest BCUT2D eigenvalue weighted by molar-refractivity contribution is 5.79. The summed E-state index contributed by atoms with van der Waals surface area (Å²) in [6, 6.07) is 16.9. The molecule has 0 bridgehead atoms. The van der Waals surface area contributed by atoms with Crippen molar-refractivity contribution >= 4 is 6.09 Å². The highest BCUT2D eigenvalue weighted by atomic mass is 16.5. The molecule has 2 aliphatic rings. The summed E-state index contributed by atoms with van der Waals surface area (Å²) in [6.07, 6.45) is 3.41. The Morgan fingerprint density at radius 3 is 2.41 bits per heavy atom. The van der Waals surface area contributed by atoms with Crippen molar-refractivity contribution in [2.75, 3.05) is 6.61 Å². The summed E-state index contributed by atoms with van der Waals surface area (Å²) >= 11 is 0. The Bertz CT molecular complexity index is 1000. The predicted octanol–water partition coefficient (Wildman–Crippen LogP) is 2.98. The fraction of sp³-hybridized carbons (Fsp3) is 0.318. The van der Waals surface area contributed by atoms with Gasteiger partial charge in [0.1, 0.15) is 12.3 Å². The van der Waals surface area contributed by atoms with Crippen LogP contribution in [-0.2, 0) is 11.3 Å². The summed E-state index contributed by atoms with van der Waals surface area (Å²) < 4.78 is 7.33. The standard InChI is InChI=1S/C22H23N5O2/c23-20-9-10-21(20)27-12-14(25-26-27)11-24-22(28)29-13-19-17-7-3-1-5-15(17)16-6-2-4-8-18(16)19/h1-8,12,19-21H,9-11,13,23H2,(H,24,28). The van der Waals surface area contributed by atoms with E-state index in [1.54, 1.807) is 4.68 Å². The van der Waals surface area contributed by atoms with E-state index in [4.69, 9.17) is 10.5 Å². The number of amides is 1. The van der Waals surface area contributed by atoms with Gasteiger partial charge in [0.25, 0.3) is 0 Å². The van der Waals surface area contributed by atoms with E-state index in [-0.39, 0.29) is 24.5 Å². The van der Waals surface area contributed by atoms with Crippen LogP contribution in [0.2, 0.25) is 0 Å². The van der Waals surface area contributed by atoms with Gasteiger partial charge in [0.2, 0.25) is 0 Å². The number of hydrogen-bond acceptors (Lipinski definition) is 5. The van der Waals surface area contributed by atoms with Gasteiger partial charge in [-0.1, -0.05) is 53.7 Å². The van der Waals surface area contributed by atoms with Crippen molar-refractivity contribution in [2.45, 2.75) is 37.4 Å². The summed E-state index contributed by atoms with van der Waals surface area (Å²) in [4.78, 5) is 12.2. The van der Waals surface area contributed by atoms with E-state index in [2.05, 4.69) is 39.9 Å². The smallest absolute Gasteiger partial charge is 0.407 e. The molecule has 1 amide bonds. The molecule has 7 heteroatoms. The van der Waals surface area contributed by atoms with Gasteiger partial charge in [0.15, 0.2) is 0 Å². The van der Waals surface area contributed by atoms with Crippen LogP contribution in [0, 0.1) is 0 Å². The topological polar surface area (TPSA) is 95.1 Å². The molecule has 2 aliphatic carbocycles. The van der Waals surface area contributed by atoms with Crippen molar-refractivity contribution in [1.82, 2.24) is 20.3 Å². The van der Waals surface area contributed by atoms with Crippen LogP contribution in [0.25, 0.3) is 11.1 Å². The maximum atomic E-state index is 12.2. The molecule has 1 saturated carbocycles.